The molecular weight excluding hydrogens is 380 g/mol. The standard InChI is InChI=1S/C13H8ClFIN3/c14-8-2-1-3-9(15)12(8)19-11-5-4-7(16)6-10(11)18-13(19)17/h1-6H,(H2,17,18). The molecule has 96 valence electrons. The van der Waals surface area contributed by atoms with Crippen LogP contribution in [-0.2, 0) is 0 Å². The van der Waals surface area contributed by atoms with Crippen LogP contribution in [0.5, 0.6) is 0 Å². The summed E-state index contributed by atoms with van der Waals surface area (Å²) in [6, 6.07) is 10.2. The largest absolute Gasteiger partial charge is 0.369 e. The average molecular weight is 388 g/mol. The van der Waals surface area contributed by atoms with E-state index in [1.165, 1.54) is 10.6 Å². The molecule has 0 radical (unpaired) electrons. The third-order valence-electron chi connectivity index (χ3n) is 2.80. The lowest BCUT2D eigenvalue weighted by atomic mass is 10.2. The number of hydrogen-bond acceptors (Lipinski definition) is 2. The van der Waals surface area contributed by atoms with Gasteiger partial charge in [0, 0.05) is 3.57 Å². The number of nitrogen functional groups attached to an aromatic ring is 1. The topological polar surface area (TPSA) is 43.8 Å². The van der Waals surface area contributed by atoms with Gasteiger partial charge in [-0.05, 0) is 52.9 Å². The molecule has 2 aromatic carbocycles. The fourth-order valence-electron chi connectivity index (χ4n) is 2.01. The van der Waals surface area contributed by atoms with E-state index in [1.54, 1.807) is 12.1 Å². The molecule has 0 saturated heterocycles. The van der Waals surface area contributed by atoms with Crippen LogP contribution in [0.15, 0.2) is 36.4 Å². The van der Waals surface area contributed by atoms with Crippen molar-refractivity contribution in [2.24, 2.45) is 0 Å². The summed E-state index contributed by atoms with van der Waals surface area (Å²) in [5.41, 5.74) is 7.56. The molecule has 2 N–H and O–H groups in total. The number of para-hydroxylation sites is 1. The number of hydrogen-bond donors (Lipinski definition) is 1. The van der Waals surface area contributed by atoms with Gasteiger partial charge in [-0.1, -0.05) is 17.7 Å². The second-order valence-electron chi connectivity index (χ2n) is 4.01. The fourth-order valence-corrected chi connectivity index (χ4v) is 2.73. The molecule has 0 amide bonds. The van der Waals surface area contributed by atoms with Gasteiger partial charge in [0.1, 0.15) is 11.5 Å². The van der Waals surface area contributed by atoms with Crippen molar-refractivity contribution in [2.75, 3.05) is 5.73 Å². The number of nitrogens with two attached hydrogens (primary N) is 1. The van der Waals surface area contributed by atoms with E-state index >= 15 is 0 Å². The third kappa shape index (κ3) is 2.06. The zero-order valence-electron chi connectivity index (χ0n) is 9.57. The minimum atomic E-state index is -0.433. The summed E-state index contributed by atoms with van der Waals surface area (Å²) in [6.45, 7) is 0. The van der Waals surface area contributed by atoms with Crippen LogP contribution in [0.2, 0.25) is 5.02 Å². The van der Waals surface area contributed by atoms with Crippen molar-refractivity contribution in [3.05, 3.63) is 50.8 Å². The van der Waals surface area contributed by atoms with Gasteiger partial charge in [0.05, 0.1) is 16.1 Å². The Balaban J connectivity index is 2.40. The minimum absolute atomic E-state index is 0.212. The Hall–Kier alpha value is -1.34. The maximum Gasteiger partial charge on any atom is 0.206 e. The van der Waals surface area contributed by atoms with Gasteiger partial charge in [-0.15, -0.1) is 0 Å². The molecule has 0 fully saturated rings. The van der Waals surface area contributed by atoms with Crippen LogP contribution in [0, 0.1) is 9.39 Å². The van der Waals surface area contributed by atoms with E-state index in [4.69, 9.17) is 17.3 Å². The first-order chi connectivity index (χ1) is 9.08. The van der Waals surface area contributed by atoms with Crippen LogP contribution < -0.4 is 5.73 Å². The van der Waals surface area contributed by atoms with Crippen molar-refractivity contribution in [2.45, 2.75) is 0 Å². The molecule has 0 aliphatic carbocycles. The first kappa shape index (κ1) is 12.7. The number of nitrogens with zero attached hydrogens (tertiary/aromatic N) is 2. The minimum Gasteiger partial charge on any atom is -0.369 e. The number of aromatic nitrogens is 2. The van der Waals surface area contributed by atoms with Crippen molar-refractivity contribution in [3.63, 3.8) is 0 Å². The van der Waals surface area contributed by atoms with Crippen molar-refractivity contribution in [3.8, 4) is 5.69 Å². The second-order valence-corrected chi connectivity index (χ2v) is 5.66. The lowest BCUT2D eigenvalue weighted by Crippen LogP contribution is -2.03. The van der Waals surface area contributed by atoms with Gasteiger partial charge in [-0.25, -0.2) is 9.37 Å². The normalized spacial score (nSPS) is 11.1. The first-order valence-electron chi connectivity index (χ1n) is 5.46. The summed E-state index contributed by atoms with van der Waals surface area (Å²) in [5.74, 6) is -0.221. The first-order valence-corrected chi connectivity index (χ1v) is 6.91. The van der Waals surface area contributed by atoms with Gasteiger partial charge in [-0.2, -0.15) is 0 Å². The summed E-state index contributed by atoms with van der Waals surface area (Å²) in [5, 5.41) is 0.296. The highest BCUT2D eigenvalue weighted by Crippen LogP contribution is 2.30. The molecule has 1 aromatic heterocycles. The van der Waals surface area contributed by atoms with E-state index in [-0.39, 0.29) is 11.6 Å². The van der Waals surface area contributed by atoms with Crippen LogP contribution in [0.4, 0.5) is 10.3 Å². The SMILES string of the molecule is Nc1nc2cc(I)ccc2n1-c1c(F)cccc1Cl. The Bertz CT molecular complexity index is 765. The predicted octanol–water partition coefficient (Wildman–Crippen LogP) is 4.00. The molecule has 0 atom stereocenters. The van der Waals surface area contributed by atoms with Gasteiger partial charge < -0.3 is 5.73 Å². The van der Waals surface area contributed by atoms with Crippen LogP contribution in [0.1, 0.15) is 0 Å². The summed E-state index contributed by atoms with van der Waals surface area (Å²) in [6.07, 6.45) is 0. The smallest absolute Gasteiger partial charge is 0.206 e. The van der Waals surface area contributed by atoms with E-state index in [0.717, 1.165) is 9.09 Å². The maximum absolute atomic E-state index is 14.0. The third-order valence-corrected chi connectivity index (χ3v) is 3.78. The maximum atomic E-state index is 14.0. The average Bonchev–Trinajstić information content (AvgIpc) is 2.65. The number of anilines is 1. The summed E-state index contributed by atoms with van der Waals surface area (Å²) in [4.78, 5) is 4.24. The van der Waals surface area contributed by atoms with Crippen LogP contribution in [0.25, 0.3) is 16.7 Å². The highest BCUT2D eigenvalue weighted by Gasteiger charge is 2.16. The highest BCUT2D eigenvalue weighted by molar-refractivity contribution is 14.1. The molecule has 0 aliphatic rings. The molecule has 3 nitrogen and oxygen atoms in total. The Kier molecular flexibility index (Phi) is 3.10. The molecule has 19 heavy (non-hydrogen) atoms. The summed E-state index contributed by atoms with van der Waals surface area (Å²) < 4.78 is 16.6. The quantitative estimate of drug-likeness (QED) is 0.641. The number of fused-ring (bicyclic) bond motifs is 1. The summed E-state index contributed by atoms with van der Waals surface area (Å²) in [7, 11) is 0. The fraction of sp³-hybridized carbons (Fsp3) is 0. The zero-order chi connectivity index (χ0) is 13.6. The van der Waals surface area contributed by atoms with E-state index < -0.39 is 5.82 Å². The van der Waals surface area contributed by atoms with E-state index in [2.05, 4.69) is 27.6 Å². The van der Waals surface area contributed by atoms with Crippen molar-refractivity contribution in [1.29, 1.82) is 0 Å². The molecule has 0 saturated carbocycles. The molecular formula is C13H8ClFIN3. The molecule has 0 unspecified atom stereocenters. The van der Waals surface area contributed by atoms with Gasteiger partial charge in [0.2, 0.25) is 5.95 Å². The Morgan fingerprint density at radius 3 is 2.79 bits per heavy atom. The van der Waals surface area contributed by atoms with Crippen LogP contribution in [0.3, 0.4) is 0 Å². The lowest BCUT2D eigenvalue weighted by molar-refractivity contribution is 0.620. The molecule has 3 rings (SSSR count). The van der Waals surface area contributed by atoms with Crippen molar-refractivity contribution in [1.82, 2.24) is 9.55 Å². The van der Waals surface area contributed by atoms with Crippen LogP contribution >= 0.6 is 34.2 Å². The van der Waals surface area contributed by atoms with E-state index in [9.17, 15) is 4.39 Å². The van der Waals surface area contributed by atoms with E-state index in [0.29, 0.717) is 10.5 Å². The van der Waals surface area contributed by atoms with Gasteiger partial charge in [0.25, 0.3) is 0 Å². The highest BCUT2D eigenvalue weighted by atomic mass is 127. The second kappa shape index (κ2) is 4.64. The molecule has 1 heterocycles. The van der Waals surface area contributed by atoms with Crippen molar-refractivity contribution >= 4 is 51.2 Å². The molecule has 6 heteroatoms. The lowest BCUT2D eigenvalue weighted by Gasteiger charge is -2.09. The Labute approximate surface area is 127 Å². The molecule has 3 aromatic rings. The molecule has 0 spiro atoms. The van der Waals surface area contributed by atoms with Gasteiger partial charge in [-0.3, -0.25) is 4.57 Å². The Morgan fingerprint density at radius 1 is 1.26 bits per heavy atom. The zero-order valence-corrected chi connectivity index (χ0v) is 12.5. The monoisotopic (exact) mass is 387 g/mol. The van der Waals surface area contributed by atoms with Gasteiger partial charge in [0.15, 0.2) is 0 Å². The molecule has 0 aliphatic heterocycles. The Morgan fingerprint density at radius 2 is 2.05 bits per heavy atom. The van der Waals surface area contributed by atoms with E-state index in [1.807, 2.05) is 18.2 Å². The summed E-state index contributed by atoms with van der Waals surface area (Å²) >= 11 is 8.27. The van der Waals surface area contributed by atoms with Gasteiger partial charge >= 0.3 is 0 Å². The number of benzene rings is 2. The predicted molar refractivity (Wildman–Crippen MR) is 83.2 cm³/mol. The number of halogens is 3. The number of rotatable bonds is 1. The molecule has 0 bridgehead atoms. The van der Waals surface area contributed by atoms with Crippen LogP contribution in [-0.4, -0.2) is 9.55 Å². The van der Waals surface area contributed by atoms with Crippen molar-refractivity contribution < 1.29 is 4.39 Å². The number of imidazole rings is 1.